The van der Waals surface area contributed by atoms with E-state index in [2.05, 4.69) is 76.0 Å². The van der Waals surface area contributed by atoms with Gasteiger partial charge in [0.2, 0.25) is 0 Å². The van der Waals surface area contributed by atoms with Crippen LogP contribution < -0.4 is 5.32 Å². The topological polar surface area (TPSA) is 57.4 Å². The molecular weight excluding hydrogens is 362 g/mol. The lowest BCUT2D eigenvalue weighted by Gasteiger charge is -2.26. The van der Waals surface area contributed by atoms with Gasteiger partial charge in [-0.25, -0.2) is 4.79 Å². The number of cyclic esters (lactones) is 1. The molecule has 5 nitrogen and oxygen atoms in total. The zero-order chi connectivity index (χ0) is 19.6. The lowest BCUT2D eigenvalue weighted by Crippen LogP contribution is -2.28. The Morgan fingerprint density at radius 1 is 1.10 bits per heavy atom. The van der Waals surface area contributed by atoms with Crippen molar-refractivity contribution in [2.24, 2.45) is 0 Å². The maximum absolute atomic E-state index is 11.3. The molecule has 0 spiro atoms. The van der Waals surface area contributed by atoms with Gasteiger partial charge in [-0.15, -0.1) is 0 Å². The third-order valence-corrected chi connectivity index (χ3v) is 5.85. The van der Waals surface area contributed by atoms with Crippen LogP contribution in [-0.2, 0) is 17.7 Å². The Balaban J connectivity index is 1.32. The lowest BCUT2D eigenvalue weighted by atomic mass is 9.96. The van der Waals surface area contributed by atoms with Crippen LogP contribution in [0.4, 0.5) is 4.79 Å². The van der Waals surface area contributed by atoms with Gasteiger partial charge in [0.05, 0.1) is 6.04 Å². The van der Waals surface area contributed by atoms with E-state index in [1.54, 1.807) is 0 Å². The molecule has 2 N–H and O–H groups in total. The number of ether oxygens (including phenoxy) is 1. The average molecular weight is 387 g/mol. The molecule has 29 heavy (non-hydrogen) atoms. The molecule has 5 rings (SSSR count). The molecule has 1 fully saturated rings. The third-order valence-electron chi connectivity index (χ3n) is 5.85. The maximum atomic E-state index is 11.3. The number of aromatic nitrogens is 1. The number of alkyl carbamates (subject to hydrolysis) is 1. The fraction of sp³-hybridized carbons (Fsp3) is 0.292. The molecule has 1 amide bonds. The van der Waals surface area contributed by atoms with Gasteiger partial charge >= 0.3 is 6.09 Å². The Labute approximate surface area is 170 Å². The second-order valence-corrected chi connectivity index (χ2v) is 7.93. The Hall–Kier alpha value is -3.05. The van der Waals surface area contributed by atoms with Gasteiger partial charge in [-0.2, -0.15) is 0 Å². The minimum atomic E-state index is -0.314. The summed E-state index contributed by atoms with van der Waals surface area (Å²) >= 11 is 0. The maximum Gasteiger partial charge on any atom is 0.407 e. The molecule has 0 bridgehead atoms. The summed E-state index contributed by atoms with van der Waals surface area (Å²) < 4.78 is 5.01. The van der Waals surface area contributed by atoms with E-state index >= 15 is 0 Å². The van der Waals surface area contributed by atoms with Crippen molar-refractivity contribution < 1.29 is 9.53 Å². The van der Waals surface area contributed by atoms with Gasteiger partial charge in [0.15, 0.2) is 0 Å². The van der Waals surface area contributed by atoms with Crippen molar-refractivity contribution >= 4 is 22.6 Å². The van der Waals surface area contributed by atoms with Gasteiger partial charge in [-0.3, -0.25) is 4.90 Å². The van der Waals surface area contributed by atoms with Gasteiger partial charge in [-0.05, 0) is 41.7 Å². The third kappa shape index (κ3) is 3.91. The highest BCUT2D eigenvalue weighted by Crippen LogP contribution is 2.30. The molecule has 2 aliphatic rings. The van der Waals surface area contributed by atoms with Crippen molar-refractivity contribution in [1.82, 2.24) is 15.2 Å². The molecule has 2 aromatic carbocycles. The summed E-state index contributed by atoms with van der Waals surface area (Å²) in [6.45, 7) is 3.48. The van der Waals surface area contributed by atoms with Crippen LogP contribution in [0.25, 0.3) is 16.5 Å². The number of hydrogen-bond acceptors (Lipinski definition) is 3. The smallest absolute Gasteiger partial charge is 0.407 e. The number of carbonyl (C=O) groups is 1. The van der Waals surface area contributed by atoms with E-state index in [4.69, 9.17) is 4.74 Å². The van der Waals surface area contributed by atoms with Crippen molar-refractivity contribution in [2.75, 3.05) is 19.7 Å². The summed E-state index contributed by atoms with van der Waals surface area (Å²) in [4.78, 5) is 17.2. The minimum absolute atomic E-state index is 0.0581. The van der Waals surface area contributed by atoms with Gasteiger partial charge in [0.1, 0.15) is 6.61 Å². The number of hydrogen-bond donors (Lipinski definition) is 2. The molecule has 3 aromatic rings. The first kappa shape index (κ1) is 18.0. The first-order chi connectivity index (χ1) is 14.2. The number of rotatable bonds is 5. The Morgan fingerprint density at radius 2 is 2.00 bits per heavy atom. The lowest BCUT2D eigenvalue weighted by molar-refractivity contribution is 0.177. The van der Waals surface area contributed by atoms with Crippen LogP contribution in [0.3, 0.4) is 0 Å². The quantitative estimate of drug-likeness (QED) is 0.693. The van der Waals surface area contributed by atoms with Crippen LogP contribution in [0.5, 0.6) is 0 Å². The molecule has 148 valence electrons. The molecular formula is C24H25N3O2. The second-order valence-electron chi connectivity index (χ2n) is 7.93. The van der Waals surface area contributed by atoms with Crippen LogP contribution in [0.1, 0.15) is 23.1 Å². The number of aromatic amines is 1. The fourth-order valence-electron chi connectivity index (χ4n) is 4.32. The summed E-state index contributed by atoms with van der Waals surface area (Å²) in [5, 5.41) is 4.12. The standard InChI is InChI=1S/C24H25N3O2/c28-24-26-20(16-29-24)12-18-6-7-23-21(13-18)22(14-25-23)19-8-10-27(11-9-19)15-17-4-2-1-3-5-17/h1-8,13-14,20,25H,9-12,15-16H2,(H,26,28)/t20-/m1/s1. The van der Waals surface area contributed by atoms with Gasteiger partial charge in [0.25, 0.3) is 0 Å². The van der Waals surface area contributed by atoms with E-state index in [1.165, 1.54) is 27.6 Å². The number of nitrogens with one attached hydrogen (secondary N) is 2. The molecule has 0 saturated carbocycles. The highest BCUT2D eigenvalue weighted by atomic mass is 16.6. The molecule has 1 saturated heterocycles. The number of H-pyrrole nitrogens is 1. The zero-order valence-electron chi connectivity index (χ0n) is 16.4. The summed E-state index contributed by atoms with van der Waals surface area (Å²) in [7, 11) is 0. The van der Waals surface area contributed by atoms with Crippen LogP contribution in [0.15, 0.2) is 60.8 Å². The summed E-state index contributed by atoms with van der Waals surface area (Å²) in [5.41, 5.74) is 6.45. The molecule has 0 aliphatic carbocycles. The Kier molecular flexibility index (Phi) is 4.82. The fourth-order valence-corrected chi connectivity index (χ4v) is 4.32. The first-order valence-corrected chi connectivity index (χ1v) is 10.2. The molecule has 5 heteroatoms. The molecule has 1 atom stereocenters. The van der Waals surface area contributed by atoms with E-state index in [0.29, 0.717) is 6.61 Å². The highest BCUT2D eigenvalue weighted by Gasteiger charge is 2.22. The summed E-state index contributed by atoms with van der Waals surface area (Å²) in [5.74, 6) is 0. The van der Waals surface area contributed by atoms with Crippen molar-refractivity contribution in [1.29, 1.82) is 0 Å². The van der Waals surface area contributed by atoms with Gasteiger partial charge < -0.3 is 15.0 Å². The van der Waals surface area contributed by atoms with Crippen LogP contribution in [0.2, 0.25) is 0 Å². The van der Waals surface area contributed by atoms with Crippen molar-refractivity contribution in [3.05, 3.63) is 77.5 Å². The summed E-state index contributed by atoms with van der Waals surface area (Å²) in [6, 6.07) is 17.2. The van der Waals surface area contributed by atoms with Crippen LogP contribution in [0, 0.1) is 0 Å². The SMILES string of the molecule is O=C1N[C@H](Cc2ccc3[nH]cc(C4=CCN(Cc5ccccc5)CC4)c3c2)CO1. The van der Waals surface area contributed by atoms with Crippen molar-refractivity contribution in [3.8, 4) is 0 Å². The predicted octanol–water partition coefficient (Wildman–Crippen LogP) is 4.11. The van der Waals surface area contributed by atoms with E-state index in [1.807, 2.05) is 0 Å². The molecule has 2 aliphatic heterocycles. The van der Waals surface area contributed by atoms with Crippen LogP contribution >= 0.6 is 0 Å². The monoisotopic (exact) mass is 387 g/mol. The van der Waals surface area contributed by atoms with Gasteiger partial charge in [-0.1, -0.05) is 42.5 Å². The van der Waals surface area contributed by atoms with E-state index < -0.39 is 0 Å². The van der Waals surface area contributed by atoms with E-state index in [0.717, 1.165) is 38.0 Å². The molecule has 0 unspecified atom stereocenters. The molecule has 3 heterocycles. The summed E-state index contributed by atoms with van der Waals surface area (Å²) in [6.07, 6.45) is 6.03. The number of nitrogens with zero attached hydrogens (tertiary/aromatic N) is 1. The van der Waals surface area contributed by atoms with Crippen LogP contribution in [-0.4, -0.2) is 41.7 Å². The normalized spacial score (nSPS) is 19.8. The Bertz CT molecular complexity index is 1050. The highest BCUT2D eigenvalue weighted by molar-refractivity contribution is 5.93. The number of amides is 1. The van der Waals surface area contributed by atoms with Crippen molar-refractivity contribution in [3.63, 3.8) is 0 Å². The number of fused-ring (bicyclic) bond motifs is 1. The van der Waals surface area contributed by atoms with Crippen molar-refractivity contribution in [2.45, 2.75) is 25.4 Å². The largest absolute Gasteiger partial charge is 0.447 e. The average Bonchev–Trinajstić information content (AvgIpc) is 3.35. The molecule has 1 aromatic heterocycles. The zero-order valence-corrected chi connectivity index (χ0v) is 16.4. The Morgan fingerprint density at radius 3 is 2.76 bits per heavy atom. The predicted molar refractivity (Wildman–Crippen MR) is 115 cm³/mol. The number of benzene rings is 2. The molecule has 0 radical (unpaired) electrons. The minimum Gasteiger partial charge on any atom is -0.447 e. The second kappa shape index (κ2) is 7.76. The van der Waals surface area contributed by atoms with E-state index in [9.17, 15) is 4.79 Å². The first-order valence-electron chi connectivity index (χ1n) is 10.2. The number of carbonyl (C=O) groups excluding carboxylic acids is 1. The van der Waals surface area contributed by atoms with Gasteiger partial charge in [0, 0.05) is 42.3 Å². The van der Waals surface area contributed by atoms with E-state index in [-0.39, 0.29) is 12.1 Å².